The molecule has 1 amide bonds. The average molecular weight is 458 g/mol. The molecule has 160 valence electrons. The Balaban J connectivity index is 1.63. The molecule has 0 atom stereocenters. The van der Waals surface area contributed by atoms with Crippen molar-refractivity contribution in [3.63, 3.8) is 0 Å². The Morgan fingerprint density at radius 3 is 2.58 bits per heavy atom. The normalized spacial score (nSPS) is 13.2. The lowest BCUT2D eigenvalue weighted by Crippen LogP contribution is -2.30. The molecule has 2 aromatic carbocycles. The molecule has 0 bridgehead atoms. The molecule has 1 aliphatic rings. The zero-order valence-electron chi connectivity index (χ0n) is 16.8. The number of halogens is 1. The van der Waals surface area contributed by atoms with Crippen molar-refractivity contribution in [1.29, 1.82) is 0 Å². The first-order valence-corrected chi connectivity index (χ1v) is 11.4. The Morgan fingerprint density at radius 1 is 1.13 bits per heavy atom. The third-order valence-corrected chi connectivity index (χ3v) is 6.45. The number of carbonyl (C=O) groups excluding carboxylic acids is 1. The second kappa shape index (κ2) is 8.26. The maximum Gasteiger partial charge on any atom is 0.240 e. The van der Waals surface area contributed by atoms with E-state index in [-0.39, 0.29) is 23.3 Å². The van der Waals surface area contributed by atoms with Gasteiger partial charge >= 0.3 is 0 Å². The number of sulfonamides is 1. The fraction of sp³-hybridized carbons (Fsp3) is 0.190. The summed E-state index contributed by atoms with van der Waals surface area (Å²) in [5.74, 6) is 0.156. The van der Waals surface area contributed by atoms with Gasteiger partial charge in [-0.2, -0.15) is 0 Å². The molecule has 0 unspecified atom stereocenters. The van der Waals surface area contributed by atoms with Crippen molar-refractivity contribution in [3.05, 3.63) is 59.2 Å². The Hall–Kier alpha value is -3.01. The van der Waals surface area contributed by atoms with Gasteiger partial charge in [-0.15, -0.1) is 0 Å². The lowest BCUT2D eigenvalue weighted by atomic mass is 10.1. The number of carbonyl (C=O) groups is 1. The fourth-order valence-electron chi connectivity index (χ4n) is 3.25. The van der Waals surface area contributed by atoms with Gasteiger partial charge in [-0.3, -0.25) is 4.79 Å². The van der Waals surface area contributed by atoms with Crippen molar-refractivity contribution < 1.29 is 13.2 Å². The predicted octanol–water partition coefficient (Wildman–Crippen LogP) is 3.72. The zero-order chi connectivity index (χ0) is 22.2. The van der Waals surface area contributed by atoms with Crippen molar-refractivity contribution in [2.24, 2.45) is 0 Å². The molecule has 1 aromatic heterocycles. The average Bonchev–Trinajstić information content (AvgIpc) is 2.82. The summed E-state index contributed by atoms with van der Waals surface area (Å²) >= 11 is 6.07. The van der Waals surface area contributed by atoms with Crippen LogP contribution in [0.1, 0.15) is 19.4 Å². The SMILES string of the molecule is CC(C)NS(=O)(=O)c1ccc(Nc2ncc3c(n2)-c2ccc(Cl)cc2NC(=O)C3)cc1. The fourth-order valence-corrected chi connectivity index (χ4v) is 4.67. The standard InChI is InChI=1S/C21H20ClN5O3S/c1-12(2)27-31(29,30)16-6-4-15(5-7-16)24-21-23-11-13-9-19(28)25-18-10-14(22)3-8-17(18)20(13)26-21/h3-8,10-12,27H,9H2,1-2H3,(H,25,28)(H,23,24,26). The number of anilines is 3. The topological polar surface area (TPSA) is 113 Å². The molecule has 2 heterocycles. The summed E-state index contributed by atoms with van der Waals surface area (Å²) in [5.41, 5.74) is 3.29. The number of rotatable bonds is 5. The van der Waals surface area contributed by atoms with Crippen LogP contribution in [-0.4, -0.2) is 30.3 Å². The maximum absolute atomic E-state index is 12.3. The molecule has 1 aliphatic heterocycles. The molecule has 0 aliphatic carbocycles. The summed E-state index contributed by atoms with van der Waals surface area (Å²) < 4.78 is 27.1. The van der Waals surface area contributed by atoms with Crippen molar-refractivity contribution in [3.8, 4) is 11.3 Å². The van der Waals surface area contributed by atoms with E-state index in [1.165, 1.54) is 12.1 Å². The van der Waals surface area contributed by atoms with Gasteiger partial charge in [-0.1, -0.05) is 11.6 Å². The molecule has 3 N–H and O–H groups in total. The first kappa shape index (κ1) is 21.2. The van der Waals surface area contributed by atoms with Crippen LogP contribution >= 0.6 is 11.6 Å². The lowest BCUT2D eigenvalue weighted by molar-refractivity contribution is -0.115. The van der Waals surface area contributed by atoms with E-state index >= 15 is 0 Å². The number of hydrogen-bond donors (Lipinski definition) is 3. The molecule has 0 spiro atoms. The van der Waals surface area contributed by atoms with Crippen LogP contribution in [0.2, 0.25) is 5.02 Å². The quantitative estimate of drug-likeness (QED) is 0.538. The van der Waals surface area contributed by atoms with Crippen molar-refractivity contribution in [2.75, 3.05) is 10.6 Å². The number of amides is 1. The maximum atomic E-state index is 12.3. The Morgan fingerprint density at radius 2 is 1.87 bits per heavy atom. The van der Waals surface area contributed by atoms with Gasteiger partial charge < -0.3 is 10.6 Å². The van der Waals surface area contributed by atoms with Gasteiger partial charge in [0.05, 0.1) is 22.7 Å². The largest absolute Gasteiger partial charge is 0.325 e. The zero-order valence-corrected chi connectivity index (χ0v) is 18.4. The monoisotopic (exact) mass is 457 g/mol. The van der Waals surface area contributed by atoms with E-state index in [0.29, 0.717) is 33.6 Å². The number of benzene rings is 2. The molecule has 4 rings (SSSR count). The van der Waals surface area contributed by atoms with Crippen LogP contribution in [0.3, 0.4) is 0 Å². The summed E-state index contributed by atoms with van der Waals surface area (Å²) in [4.78, 5) is 21.3. The van der Waals surface area contributed by atoms with Crippen LogP contribution in [0.5, 0.6) is 0 Å². The summed E-state index contributed by atoms with van der Waals surface area (Å²) in [6.45, 7) is 3.52. The van der Waals surface area contributed by atoms with Crippen LogP contribution in [0.15, 0.2) is 53.6 Å². The molecule has 3 aromatic rings. The van der Waals surface area contributed by atoms with E-state index in [1.54, 1.807) is 50.4 Å². The minimum atomic E-state index is -3.57. The van der Waals surface area contributed by atoms with E-state index in [9.17, 15) is 13.2 Å². The molecule has 10 heteroatoms. The smallest absolute Gasteiger partial charge is 0.240 e. The minimum absolute atomic E-state index is 0.150. The summed E-state index contributed by atoms with van der Waals surface area (Å²) in [6, 6.07) is 11.3. The second-order valence-corrected chi connectivity index (χ2v) is 9.56. The molecular weight excluding hydrogens is 438 g/mol. The number of hydrogen-bond acceptors (Lipinski definition) is 6. The summed E-state index contributed by atoms with van der Waals surface area (Å²) in [5, 5.41) is 6.43. The number of nitrogens with one attached hydrogen (secondary N) is 3. The molecular formula is C21H20ClN5O3S. The van der Waals surface area contributed by atoms with Gasteiger partial charge in [-0.05, 0) is 56.3 Å². The highest BCUT2D eigenvalue weighted by Crippen LogP contribution is 2.34. The molecule has 0 radical (unpaired) electrons. The number of fused-ring (bicyclic) bond motifs is 3. The Bertz CT molecular complexity index is 1260. The Labute approximate surface area is 185 Å². The lowest BCUT2D eigenvalue weighted by Gasteiger charge is -2.12. The van der Waals surface area contributed by atoms with Gasteiger partial charge in [0.2, 0.25) is 21.9 Å². The van der Waals surface area contributed by atoms with Crippen LogP contribution in [0.25, 0.3) is 11.3 Å². The predicted molar refractivity (Wildman–Crippen MR) is 120 cm³/mol. The molecule has 0 fully saturated rings. The Kier molecular flexibility index (Phi) is 5.65. The third-order valence-electron chi connectivity index (χ3n) is 4.54. The first-order valence-electron chi connectivity index (χ1n) is 9.56. The van der Waals surface area contributed by atoms with E-state index in [2.05, 4.69) is 25.3 Å². The van der Waals surface area contributed by atoms with Crippen molar-refractivity contribution in [2.45, 2.75) is 31.2 Å². The highest BCUT2D eigenvalue weighted by molar-refractivity contribution is 7.89. The van der Waals surface area contributed by atoms with E-state index in [4.69, 9.17) is 11.6 Å². The molecule has 0 saturated heterocycles. The minimum Gasteiger partial charge on any atom is -0.325 e. The van der Waals surface area contributed by atoms with Gasteiger partial charge in [0, 0.05) is 34.1 Å². The second-order valence-electron chi connectivity index (χ2n) is 7.41. The summed E-state index contributed by atoms with van der Waals surface area (Å²) in [6.07, 6.45) is 1.76. The van der Waals surface area contributed by atoms with Crippen LogP contribution < -0.4 is 15.4 Å². The molecule has 8 nitrogen and oxygen atoms in total. The van der Waals surface area contributed by atoms with Gasteiger partial charge in [0.15, 0.2) is 0 Å². The van der Waals surface area contributed by atoms with E-state index in [0.717, 1.165) is 5.56 Å². The number of nitrogens with zero attached hydrogens (tertiary/aromatic N) is 2. The van der Waals surface area contributed by atoms with Crippen LogP contribution in [-0.2, 0) is 21.2 Å². The van der Waals surface area contributed by atoms with E-state index in [1.807, 2.05) is 0 Å². The van der Waals surface area contributed by atoms with Gasteiger partial charge in [0.1, 0.15) is 0 Å². The van der Waals surface area contributed by atoms with Gasteiger partial charge in [0.25, 0.3) is 0 Å². The third kappa shape index (κ3) is 4.68. The first-order chi connectivity index (χ1) is 14.7. The molecule has 0 saturated carbocycles. The highest BCUT2D eigenvalue weighted by Gasteiger charge is 2.21. The number of aromatic nitrogens is 2. The van der Waals surface area contributed by atoms with Crippen molar-refractivity contribution >= 4 is 44.9 Å². The van der Waals surface area contributed by atoms with E-state index < -0.39 is 10.0 Å². The van der Waals surface area contributed by atoms with Crippen LogP contribution in [0.4, 0.5) is 17.3 Å². The molecule has 31 heavy (non-hydrogen) atoms. The van der Waals surface area contributed by atoms with Crippen LogP contribution in [0, 0.1) is 0 Å². The summed E-state index contributed by atoms with van der Waals surface area (Å²) in [7, 11) is -3.57. The van der Waals surface area contributed by atoms with Gasteiger partial charge in [-0.25, -0.2) is 23.1 Å². The van der Waals surface area contributed by atoms with Crippen molar-refractivity contribution in [1.82, 2.24) is 14.7 Å². The highest BCUT2D eigenvalue weighted by atomic mass is 35.5.